The second kappa shape index (κ2) is 5.08. The monoisotopic (exact) mass is 318 g/mol. The smallest absolute Gasteiger partial charge is 0.192 e. The molecule has 0 radical (unpaired) electrons. The summed E-state index contributed by atoms with van der Waals surface area (Å²) in [7, 11) is -1.66. The van der Waals surface area contributed by atoms with E-state index in [-0.39, 0.29) is 0 Å². The highest BCUT2D eigenvalue weighted by Crippen LogP contribution is 2.77. The van der Waals surface area contributed by atoms with Gasteiger partial charge in [0, 0.05) is 10.8 Å². The van der Waals surface area contributed by atoms with Gasteiger partial charge in [-0.3, -0.25) is 0 Å². The van der Waals surface area contributed by atoms with E-state index in [1.54, 1.807) is 5.57 Å². The summed E-state index contributed by atoms with van der Waals surface area (Å²) in [6.07, 6.45) is 15.9. The number of hydrogen-bond acceptors (Lipinski definition) is 1. The predicted molar refractivity (Wildman–Crippen MR) is 97.5 cm³/mol. The Kier molecular flexibility index (Phi) is 3.81. The Bertz CT molecular complexity index is 510. The normalized spacial score (nSPS) is 36.8. The zero-order valence-electron chi connectivity index (χ0n) is 15.5. The molecule has 0 unspecified atom stereocenters. The zero-order chi connectivity index (χ0) is 16.2. The van der Waals surface area contributed by atoms with Gasteiger partial charge in [-0.25, -0.2) is 0 Å². The van der Waals surface area contributed by atoms with Gasteiger partial charge in [0.05, 0.1) is 6.10 Å². The molecular weight excluding hydrogens is 284 g/mol. The van der Waals surface area contributed by atoms with Crippen LogP contribution in [0, 0.1) is 10.8 Å². The van der Waals surface area contributed by atoms with E-state index in [9.17, 15) is 0 Å². The Labute approximate surface area is 138 Å². The summed E-state index contributed by atoms with van der Waals surface area (Å²) in [4.78, 5) is 0. The Balaban J connectivity index is 1.74. The van der Waals surface area contributed by atoms with Gasteiger partial charge in [0.2, 0.25) is 0 Å². The quantitative estimate of drug-likeness (QED) is 0.546. The summed E-state index contributed by atoms with van der Waals surface area (Å²) in [5.41, 5.74) is 2.42. The third kappa shape index (κ3) is 2.38. The minimum absolute atomic E-state index is 0.310. The first kappa shape index (κ1) is 16.5. The van der Waals surface area contributed by atoms with E-state index >= 15 is 0 Å². The van der Waals surface area contributed by atoms with Gasteiger partial charge in [-0.2, -0.15) is 0 Å². The van der Waals surface area contributed by atoms with E-state index in [1.807, 2.05) is 0 Å². The molecule has 0 bridgehead atoms. The third-order valence-electron chi connectivity index (χ3n) is 6.96. The fraction of sp³-hybridized carbons (Fsp3) is 0.800. The average Bonchev–Trinajstić information content (AvgIpc) is 3.00. The van der Waals surface area contributed by atoms with Gasteiger partial charge < -0.3 is 4.43 Å². The van der Waals surface area contributed by atoms with Crippen molar-refractivity contribution in [2.45, 2.75) is 90.5 Å². The SMILES string of the molecule is CCCCC1=C[C@]23CC[C@@H](O[Si](C)(C)C(C)(C)C)[C@@]2(C=C1)C3. The topological polar surface area (TPSA) is 9.23 Å². The van der Waals surface area contributed by atoms with E-state index < -0.39 is 8.32 Å². The van der Waals surface area contributed by atoms with Gasteiger partial charge in [-0.05, 0) is 50.2 Å². The molecule has 1 nitrogen and oxygen atoms in total. The minimum atomic E-state index is -1.66. The number of hydrogen-bond donors (Lipinski definition) is 0. The van der Waals surface area contributed by atoms with Crippen molar-refractivity contribution in [3.8, 4) is 0 Å². The third-order valence-corrected chi connectivity index (χ3v) is 11.4. The molecule has 3 rings (SSSR count). The Hall–Kier alpha value is -0.343. The largest absolute Gasteiger partial charge is 0.413 e. The summed E-state index contributed by atoms with van der Waals surface area (Å²) >= 11 is 0. The molecule has 0 saturated heterocycles. The van der Waals surface area contributed by atoms with Crippen LogP contribution in [-0.4, -0.2) is 14.4 Å². The molecule has 0 heterocycles. The molecule has 2 saturated carbocycles. The van der Waals surface area contributed by atoms with E-state index in [2.05, 4.69) is 59.0 Å². The van der Waals surface area contributed by atoms with E-state index in [4.69, 9.17) is 4.43 Å². The molecule has 0 amide bonds. The van der Waals surface area contributed by atoms with Crippen LogP contribution < -0.4 is 0 Å². The van der Waals surface area contributed by atoms with Crippen LogP contribution in [0.4, 0.5) is 0 Å². The first-order chi connectivity index (χ1) is 10.2. The van der Waals surface area contributed by atoms with Gasteiger partial charge in [-0.1, -0.05) is 57.9 Å². The highest BCUT2D eigenvalue weighted by Gasteiger charge is 2.73. The van der Waals surface area contributed by atoms with Crippen LogP contribution >= 0.6 is 0 Å². The van der Waals surface area contributed by atoms with Crippen molar-refractivity contribution in [2.24, 2.45) is 10.8 Å². The van der Waals surface area contributed by atoms with Crippen molar-refractivity contribution in [1.82, 2.24) is 0 Å². The maximum Gasteiger partial charge on any atom is 0.192 e. The van der Waals surface area contributed by atoms with E-state index in [0.717, 1.165) is 0 Å². The molecule has 2 heteroatoms. The zero-order valence-corrected chi connectivity index (χ0v) is 16.5. The van der Waals surface area contributed by atoms with Gasteiger partial charge in [0.15, 0.2) is 8.32 Å². The molecular formula is C20H34OSi. The maximum atomic E-state index is 6.85. The highest BCUT2D eigenvalue weighted by atomic mass is 28.4. The second-order valence-corrected chi connectivity index (χ2v) is 14.2. The molecule has 2 fully saturated rings. The molecule has 3 aliphatic rings. The Morgan fingerprint density at radius 2 is 2.05 bits per heavy atom. The van der Waals surface area contributed by atoms with Crippen molar-refractivity contribution in [3.05, 3.63) is 23.8 Å². The van der Waals surface area contributed by atoms with Gasteiger partial charge >= 0.3 is 0 Å². The first-order valence-corrected chi connectivity index (χ1v) is 12.2. The van der Waals surface area contributed by atoms with Crippen LogP contribution in [-0.2, 0) is 4.43 Å². The molecule has 3 aliphatic carbocycles. The Morgan fingerprint density at radius 3 is 2.68 bits per heavy atom. The minimum Gasteiger partial charge on any atom is -0.413 e. The number of allylic oxidation sites excluding steroid dienone is 3. The molecule has 22 heavy (non-hydrogen) atoms. The molecule has 0 aromatic rings. The van der Waals surface area contributed by atoms with Crippen molar-refractivity contribution in [1.29, 1.82) is 0 Å². The summed E-state index contributed by atoms with van der Waals surface area (Å²) in [6, 6.07) is 0. The highest BCUT2D eigenvalue weighted by molar-refractivity contribution is 6.74. The summed E-state index contributed by atoms with van der Waals surface area (Å²) < 4.78 is 6.85. The molecule has 124 valence electrons. The molecule has 0 aromatic heterocycles. The van der Waals surface area contributed by atoms with Crippen LogP contribution in [0.25, 0.3) is 0 Å². The van der Waals surface area contributed by atoms with Crippen LogP contribution in [0.3, 0.4) is 0 Å². The number of rotatable bonds is 5. The van der Waals surface area contributed by atoms with Crippen LogP contribution in [0.1, 0.15) is 66.2 Å². The maximum absolute atomic E-state index is 6.85. The van der Waals surface area contributed by atoms with Gasteiger partial charge in [-0.15, -0.1) is 0 Å². The lowest BCUT2D eigenvalue weighted by Crippen LogP contribution is -2.45. The fourth-order valence-electron chi connectivity index (χ4n) is 4.36. The second-order valence-electron chi connectivity index (χ2n) is 9.43. The van der Waals surface area contributed by atoms with Crippen LogP contribution in [0.5, 0.6) is 0 Å². The van der Waals surface area contributed by atoms with Crippen LogP contribution in [0.2, 0.25) is 18.1 Å². The molecule has 3 atom stereocenters. The van der Waals surface area contributed by atoms with Crippen molar-refractivity contribution >= 4 is 8.32 Å². The van der Waals surface area contributed by atoms with Gasteiger partial charge in [0.25, 0.3) is 0 Å². The van der Waals surface area contributed by atoms with Gasteiger partial charge in [0.1, 0.15) is 0 Å². The molecule has 0 aromatic carbocycles. The van der Waals surface area contributed by atoms with Crippen molar-refractivity contribution in [2.75, 3.05) is 0 Å². The average molecular weight is 319 g/mol. The van der Waals surface area contributed by atoms with Crippen molar-refractivity contribution in [3.63, 3.8) is 0 Å². The van der Waals surface area contributed by atoms with Crippen LogP contribution in [0.15, 0.2) is 23.8 Å². The molecule has 0 N–H and O–H groups in total. The van der Waals surface area contributed by atoms with Crippen molar-refractivity contribution < 1.29 is 4.43 Å². The molecule has 0 aliphatic heterocycles. The Morgan fingerprint density at radius 1 is 1.32 bits per heavy atom. The standard InChI is InChI=1S/C20H34OSi/c1-7-8-9-16-10-13-20-15-19(20,14-16)12-11-17(20)21-22(5,6)18(2,3)4/h10,13-14,17H,7-9,11-12,15H2,1-6H3/t17-,19+,20-/m1/s1. The number of unbranched alkanes of at least 4 members (excludes halogenated alkanes) is 1. The lowest BCUT2D eigenvalue weighted by Gasteiger charge is -2.40. The first-order valence-electron chi connectivity index (χ1n) is 9.25. The summed E-state index contributed by atoms with van der Waals surface area (Å²) in [6.45, 7) is 14.1. The summed E-state index contributed by atoms with van der Waals surface area (Å²) in [5, 5.41) is 0.310. The lowest BCUT2D eigenvalue weighted by atomic mass is 9.86. The lowest BCUT2D eigenvalue weighted by molar-refractivity contribution is 0.134. The van der Waals surface area contributed by atoms with E-state index in [1.165, 1.54) is 38.5 Å². The summed E-state index contributed by atoms with van der Waals surface area (Å²) in [5.74, 6) is 0. The van der Waals surface area contributed by atoms with E-state index in [0.29, 0.717) is 22.0 Å². The fourth-order valence-corrected chi connectivity index (χ4v) is 5.75. The molecule has 0 spiro atoms. The predicted octanol–water partition coefficient (Wildman–Crippen LogP) is 6.23.